The maximum Gasteiger partial charge on any atom is 0.293 e. The van der Waals surface area contributed by atoms with Gasteiger partial charge in [-0.25, -0.2) is 0 Å². The van der Waals surface area contributed by atoms with Crippen molar-refractivity contribution in [3.63, 3.8) is 0 Å². The van der Waals surface area contributed by atoms with Crippen LogP contribution in [0.15, 0.2) is 0 Å². The molecule has 0 heterocycles. The predicted molar refractivity (Wildman–Crippen MR) is 72.9 cm³/mol. The van der Waals surface area contributed by atoms with Gasteiger partial charge in [-0.1, -0.05) is 20.3 Å². The maximum atomic E-state index is 9.60. The number of nitrogens with one attached hydrogen (secondary N) is 1. The molecule has 0 aliphatic carbocycles. The highest BCUT2D eigenvalue weighted by molar-refractivity contribution is 5.37. The van der Waals surface area contributed by atoms with Crippen molar-refractivity contribution in [2.45, 2.75) is 71.6 Å². The Morgan fingerprint density at radius 3 is 2.06 bits per heavy atom. The molecular formula is C13H30N2O2. The molecule has 0 bridgehead atoms. The van der Waals surface area contributed by atoms with E-state index in [1.165, 1.54) is 12.8 Å². The van der Waals surface area contributed by atoms with Gasteiger partial charge >= 0.3 is 0 Å². The lowest BCUT2D eigenvalue weighted by molar-refractivity contribution is -0.138. The Morgan fingerprint density at radius 2 is 1.88 bits per heavy atom. The summed E-state index contributed by atoms with van der Waals surface area (Å²) < 4.78 is 4.55. The van der Waals surface area contributed by atoms with Crippen LogP contribution in [0.3, 0.4) is 0 Å². The monoisotopic (exact) mass is 246 g/mol. The summed E-state index contributed by atoms with van der Waals surface area (Å²) in [6, 6.07) is 0.833. The minimum absolute atomic E-state index is 0.318. The van der Waals surface area contributed by atoms with E-state index in [0.717, 1.165) is 6.42 Å². The predicted octanol–water partition coefficient (Wildman–Crippen LogP) is 2.07. The highest BCUT2D eigenvalue weighted by atomic mass is 16.5. The summed E-state index contributed by atoms with van der Waals surface area (Å²) in [6.07, 6.45) is 3.45. The lowest BCUT2D eigenvalue weighted by Crippen LogP contribution is -2.42. The first-order valence-electron chi connectivity index (χ1n) is 6.36. The molecule has 4 nitrogen and oxygen atoms in total. The lowest BCUT2D eigenvalue weighted by Gasteiger charge is -2.21. The molecule has 0 saturated carbocycles. The zero-order valence-corrected chi connectivity index (χ0v) is 12.2. The van der Waals surface area contributed by atoms with Crippen molar-refractivity contribution < 1.29 is 9.53 Å². The fourth-order valence-electron chi connectivity index (χ4n) is 1.31. The molecule has 4 heteroatoms. The van der Waals surface area contributed by atoms with E-state index in [-0.39, 0.29) is 5.60 Å². The van der Waals surface area contributed by atoms with Gasteiger partial charge in [0.15, 0.2) is 0 Å². The molecule has 0 spiro atoms. The van der Waals surface area contributed by atoms with Crippen LogP contribution in [-0.2, 0) is 9.53 Å². The topological polar surface area (TPSA) is 64.3 Å². The highest BCUT2D eigenvalue weighted by Gasteiger charge is 2.11. The van der Waals surface area contributed by atoms with Crippen LogP contribution < -0.4 is 11.1 Å². The van der Waals surface area contributed by atoms with Gasteiger partial charge in [-0.3, -0.25) is 4.79 Å². The third kappa shape index (κ3) is 13.3. The Hall–Kier alpha value is -0.610. The van der Waals surface area contributed by atoms with E-state index < -0.39 is 0 Å². The first-order valence-corrected chi connectivity index (χ1v) is 6.36. The molecule has 0 amide bonds. The minimum Gasteiger partial charge on any atom is -0.462 e. The van der Waals surface area contributed by atoms with Crippen LogP contribution in [-0.4, -0.2) is 31.2 Å². The van der Waals surface area contributed by atoms with E-state index in [1.807, 2.05) is 27.8 Å². The number of carbonyl (C=O) groups is 1. The van der Waals surface area contributed by atoms with Crippen molar-refractivity contribution in [1.82, 2.24) is 5.32 Å². The summed E-state index contributed by atoms with van der Waals surface area (Å²) in [4.78, 5) is 9.60. The van der Waals surface area contributed by atoms with Crippen LogP contribution in [0.1, 0.15) is 53.9 Å². The molecule has 3 N–H and O–H groups in total. The van der Waals surface area contributed by atoms with Crippen molar-refractivity contribution >= 4 is 6.47 Å². The molecule has 2 unspecified atom stereocenters. The average molecular weight is 246 g/mol. The second-order valence-corrected chi connectivity index (χ2v) is 5.08. The van der Waals surface area contributed by atoms with Crippen molar-refractivity contribution in [2.24, 2.45) is 5.73 Å². The summed E-state index contributed by atoms with van der Waals surface area (Å²) in [5.41, 5.74) is 5.53. The van der Waals surface area contributed by atoms with Crippen molar-refractivity contribution in [3.8, 4) is 0 Å². The van der Waals surface area contributed by atoms with Crippen LogP contribution in [0.4, 0.5) is 0 Å². The van der Waals surface area contributed by atoms with E-state index in [9.17, 15) is 4.79 Å². The number of rotatable bonds is 6. The van der Waals surface area contributed by atoms with E-state index in [1.54, 1.807) is 0 Å². The molecule has 0 aromatic carbocycles. The maximum absolute atomic E-state index is 9.60. The van der Waals surface area contributed by atoms with Gasteiger partial charge in [0.2, 0.25) is 0 Å². The highest BCUT2D eigenvalue weighted by Crippen LogP contribution is 2.03. The van der Waals surface area contributed by atoms with E-state index in [0.29, 0.717) is 18.6 Å². The Labute approximate surface area is 106 Å². The number of ether oxygens (including phenoxy) is 1. The molecule has 0 saturated heterocycles. The van der Waals surface area contributed by atoms with E-state index in [4.69, 9.17) is 5.73 Å². The molecule has 17 heavy (non-hydrogen) atoms. The van der Waals surface area contributed by atoms with Crippen molar-refractivity contribution in [1.29, 1.82) is 0 Å². The van der Waals surface area contributed by atoms with Gasteiger partial charge in [-0.2, -0.15) is 0 Å². The fourth-order valence-corrected chi connectivity index (χ4v) is 1.31. The van der Waals surface area contributed by atoms with Gasteiger partial charge in [-0.15, -0.1) is 0 Å². The third-order valence-electron chi connectivity index (χ3n) is 2.36. The summed E-state index contributed by atoms with van der Waals surface area (Å²) >= 11 is 0. The van der Waals surface area contributed by atoms with Crippen LogP contribution in [0.2, 0.25) is 0 Å². The molecule has 0 aliphatic rings. The van der Waals surface area contributed by atoms with Gasteiger partial charge in [0.25, 0.3) is 6.47 Å². The van der Waals surface area contributed by atoms with Gasteiger partial charge < -0.3 is 15.8 Å². The Kier molecular flexibility index (Phi) is 11.6. The minimum atomic E-state index is -0.318. The average Bonchev–Trinajstić information content (AvgIpc) is 2.24. The summed E-state index contributed by atoms with van der Waals surface area (Å²) in [5, 5.41) is 3.23. The molecule has 104 valence electrons. The molecule has 2 atom stereocenters. The number of hydrogen-bond donors (Lipinski definition) is 2. The Morgan fingerprint density at radius 1 is 1.35 bits per heavy atom. The van der Waals surface area contributed by atoms with Gasteiger partial charge in [0.05, 0.1) is 0 Å². The largest absolute Gasteiger partial charge is 0.462 e. The first-order chi connectivity index (χ1) is 7.82. The van der Waals surface area contributed by atoms with Crippen LogP contribution in [0.5, 0.6) is 0 Å². The smallest absolute Gasteiger partial charge is 0.293 e. The van der Waals surface area contributed by atoms with Crippen LogP contribution >= 0.6 is 0 Å². The molecule has 0 fully saturated rings. The Bertz CT molecular complexity index is 179. The van der Waals surface area contributed by atoms with Gasteiger partial charge in [-0.05, 0) is 40.7 Å². The molecule has 0 radical (unpaired) electrons. The second kappa shape index (κ2) is 10.5. The standard InChI is InChI=1S/C8H20N2.C5H10O2/c1-4-6-8(10-3)7(9)5-2;1-5(2,3)7-4-6/h7-8,10H,4-6,9H2,1-3H3;4H,1-3H3. The number of carbonyl (C=O) groups excluding carboxylic acids is 1. The summed E-state index contributed by atoms with van der Waals surface area (Å²) in [5.74, 6) is 0. The second-order valence-electron chi connectivity index (χ2n) is 5.08. The summed E-state index contributed by atoms with van der Waals surface area (Å²) in [6.45, 7) is 10.2. The Balaban J connectivity index is 0. The van der Waals surface area contributed by atoms with E-state index >= 15 is 0 Å². The molecule has 0 aromatic rings. The molecular weight excluding hydrogens is 216 g/mol. The SMILES string of the molecule is CC(C)(C)OC=O.CCCC(NC)C(N)CC. The quantitative estimate of drug-likeness (QED) is 0.704. The van der Waals surface area contributed by atoms with Crippen molar-refractivity contribution in [2.75, 3.05) is 7.05 Å². The zero-order chi connectivity index (χ0) is 13.9. The number of hydrogen-bond acceptors (Lipinski definition) is 4. The zero-order valence-electron chi connectivity index (χ0n) is 12.2. The van der Waals surface area contributed by atoms with Crippen LogP contribution in [0, 0.1) is 0 Å². The lowest BCUT2D eigenvalue weighted by atomic mass is 10.0. The molecule has 0 aromatic heterocycles. The van der Waals surface area contributed by atoms with E-state index in [2.05, 4.69) is 23.9 Å². The van der Waals surface area contributed by atoms with Gasteiger partial charge in [0, 0.05) is 12.1 Å². The summed E-state index contributed by atoms with van der Waals surface area (Å²) in [7, 11) is 1.98. The third-order valence-corrected chi connectivity index (χ3v) is 2.36. The molecule has 0 aliphatic heterocycles. The van der Waals surface area contributed by atoms with Gasteiger partial charge in [0.1, 0.15) is 5.60 Å². The first kappa shape index (κ1) is 18.7. The van der Waals surface area contributed by atoms with Crippen LogP contribution in [0.25, 0.3) is 0 Å². The number of nitrogens with two attached hydrogens (primary N) is 1. The fraction of sp³-hybridized carbons (Fsp3) is 0.923. The number of likely N-dealkylation sites (N-methyl/N-ethyl adjacent to an activating group) is 1. The normalized spacial score (nSPS) is 14.3. The van der Waals surface area contributed by atoms with Crippen molar-refractivity contribution in [3.05, 3.63) is 0 Å². The molecule has 0 rings (SSSR count).